The molecular formula is C13H25O3SSi. The van der Waals surface area contributed by atoms with Gasteiger partial charge in [-0.3, -0.25) is 0 Å². The Morgan fingerprint density at radius 3 is 2.44 bits per heavy atom. The molecule has 0 aliphatic rings. The summed E-state index contributed by atoms with van der Waals surface area (Å²) in [6.45, 7) is 6.40. The fraction of sp³-hybridized carbons (Fsp3) is 0.923. The van der Waals surface area contributed by atoms with Gasteiger partial charge in [0.1, 0.15) is 0 Å². The van der Waals surface area contributed by atoms with Crippen LogP contribution in [-0.4, -0.2) is 33.5 Å². The fourth-order valence-corrected chi connectivity index (χ4v) is 2.01. The van der Waals surface area contributed by atoms with Crippen LogP contribution < -0.4 is 0 Å². The van der Waals surface area contributed by atoms with E-state index in [4.69, 9.17) is 9.47 Å². The van der Waals surface area contributed by atoms with Crippen molar-refractivity contribution in [3.63, 3.8) is 0 Å². The standard InChI is InChI=1S/C13H25O3SSi/c1-4-7-8-9-10-13(17,15-6-3)12(14)16-11(18)5-2/h11,17H,4-10H2,1-3H3. The predicted molar refractivity (Wildman–Crippen MR) is 78.0 cm³/mol. The minimum atomic E-state index is -1.11. The molecule has 0 N–H and O–H groups in total. The lowest BCUT2D eigenvalue weighted by Crippen LogP contribution is -2.39. The molecule has 0 saturated heterocycles. The Bertz CT molecular complexity index is 238. The first-order chi connectivity index (χ1) is 8.50. The van der Waals surface area contributed by atoms with Gasteiger partial charge < -0.3 is 9.47 Å². The monoisotopic (exact) mass is 289 g/mol. The summed E-state index contributed by atoms with van der Waals surface area (Å²) in [5.41, 5.74) is -0.278. The fourth-order valence-electron chi connectivity index (χ4n) is 1.57. The average molecular weight is 289 g/mol. The van der Waals surface area contributed by atoms with E-state index >= 15 is 0 Å². The number of ether oxygens (including phenoxy) is 2. The normalized spacial score (nSPS) is 16.1. The molecule has 105 valence electrons. The number of carbonyl (C=O) groups is 1. The van der Waals surface area contributed by atoms with Crippen molar-refractivity contribution in [2.75, 3.05) is 6.61 Å². The van der Waals surface area contributed by atoms with E-state index in [1.807, 2.05) is 13.8 Å². The second-order valence-electron chi connectivity index (χ2n) is 4.33. The van der Waals surface area contributed by atoms with Crippen LogP contribution in [0.3, 0.4) is 0 Å². The van der Waals surface area contributed by atoms with E-state index in [1.54, 1.807) is 0 Å². The van der Waals surface area contributed by atoms with Crippen molar-refractivity contribution in [3.8, 4) is 0 Å². The molecule has 0 bridgehead atoms. The molecule has 0 aromatic rings. The molecule has 0 aromatic heterocycles. The van der Waals surface area contributed by atoms with Crippen LogP contribution in [0.5, 0.6) is 0 Å². The van der Waals surface area contributed by atoms with Crippen LogP contribution >= 0.6 is 12.6 Å². The maximum Gasteiger partial charge on any atom is 0.348 e. The van der Waals surface area contributed by atoms with Gasteiger partial charge in [-0.2, -0.15) is 0 Å². The van der Waals surface area contributed by atoms with Gasteiger partial charge >= 0.3 is 5.97 Å². The van der Waals surface area contributed by atoms with Gasteiger partial charge in [0.25, 0.3) is 0 Å². The maximum absolute atomic E-state index is 12.0. The van der Waals surface area contributed by atoms with E-state index in [-0.39, 0.29) is 5.73 Å². The number of thiol groups is 1. The van der Waals surface area contributed by atoms with Gasteiger partial charge in [-0.05, 0) is 26.2 Å². The van der Waals surface area contributed by atoms with E-state index in [0.29, 0.717) is 19.4 Å². The zero-order valence-electron chi connectivity index (χ0n) is 11.7. The first kappa shape index (κ1) is 18.0. The second kappa shape index (κ2) is 9.87. The molecule has 0 fully saturated rings. The Hall–Kier alpha value is -0.00312. The molecular weight excluding hydrogens is 264 g/mol. The van der Waals surface area contributed by atoms with Crippen LogP contribution in [0.25, 0.3) is 0 Å². The quantitative estimate of drug-likeness (QED) is 0.221. The highest BCUT2D eigenvalue weighted by atomic mass is 32.1. The van der Waals surface area contributed by atoms with E-state index in [9.17, 15) is 4.79 Å². The lowest BCUT2D eigenvalue weighted by Gasteiger charge is -2.27. The minimum Gasteiger partial charge on any atom is -0.464 e. The SMILES string of the molecule is CCCCCCC(S)(OCC)C(=O)OC([Si])CC. The molecule has 0 rings (SSSR count). The third kappa shape index (κ3) is 6.80. The van der Waals surface area contributed by atoms with Gasteiger partial charge in [0.05, 0.1) is 16.0 Å². The summed E-state index contributed by atoms with van der Waals surface area (Å²) in [5, 5.41) is 0. The van der Waals surface area contributed by atoms with Crippen molar-refractivity contribution in [1.29, 1.82) is 0 Å². The van der Waals surface area contributed by atoms with E-state index in [2.05, 4.69) is 29.8 Å². The zero-order valence-corrected chi connectivity index (χ0v) is 13.6. The van der Waals surface area contributed by atoms with Gasteiger partial charge in [0, 0.05) is 6.61 Å². The third-order valence-electron chi connectivity index (χ3n) is 2.69. The first-order valence-electron chi connectivity index (χ1n) is 6.78. The molecule has 5 heteroatoms. The lowest BCUT2D eigenvalue weighted by atomic mass is 10.1. The molecule has 0 aromatic carbocycles. The molecule has 0 aliphatic heterocycles. The van der Waals surface area contributed by atoms with Crippen molar-refractivity contribution < 1.29 is 14.3 Å². The highest BCUT2D eigenvalue weighted by molar-refractivity contribution is 7.82. The maximum atomic E-state index is 12.0. The number of unbranched alkanes of at least 4 members (excludes halogenated alkanes) is 3. The molecule has 0 saturated carbocycles. The van der Waals surface area contributed by atoms with Crippen LogP contribution in [0.4, 0.5) is 0 Å². The van der Waals surface area contributed by atoms with Crippen LogP contribution in [0.1, 0.15) is 59.3 Å². The molecule has 3 radical (unpaired) electrons. The van der Waals surface area contributed by atoms with E-state index in [1.165, 1.54) is 6.42 Å². The highest BCUT2D eigenvalue weighted by Gasteiger charge is 2.37. The minimum absolute atomic E-state index is 0.278. The van der Waals surface area contributed by atoms with Crippen LogP contribution in [0.2, 0.25) is 0 Å². The van der Waals surface area contributed by atoms with Gasteiger partial charge in [-0.15, -0.1) is 12.6 Å². The smallest absolute Gasteiger partial charge is 0.348 e. The Morgan fingerprint density at radius 2 is 1.94 bits per heavy atom. The molecule has 3 nitrogen and oxygen atoms in total. The number of esters is 1. The second-order valence-corrected chi connectivity index (χ2v) is 5.70. The van der Waals surface area contributed by atoms with Crippen LogP contribution in [-0.2, 0) is 14.3 Å². The summed E-state index contributed by atoms with van der Waals surface area (Å²) in [7, 11) is 3.33. The van der Waals surface area contributed by atoms with Crippen molar-refractivity contribution in [3.05, 3.63) is 0 Å². The Kier molecular flexibility index (Phi) is 9.86. The lowest BCUT2D eigenvalue weighted by molar-refractivity contribution is -0.163. The van der Waals surface area contributed by atoms with Gasteiger partial charge in [-0.25, -0.2) is 4.79 Å². The third-order valence-corrected chi connectivity index (χ3v) is 3.75. The Balaban J connectivity index is 4.34. The van der Waals surface area contributed by atoms with Crippen LogP contribution in [0, 0.1) is 0 Å². The topological polar surface area (TPSA) is 35.5 Å². The van der Waals surface area contributed by atoms with E-state index < -0.39 is 10.9 Å². The van der Waals surface area contributed by atoms with Crippen molar-refractivity contribution in [2.45, 2.75) is 70.0 Å². The van der Waals surface area contributed by atoms with Crippen molar-refractivity contribution in [2.24, 2.45) is 0 Å². The first-order valence-corrected chi connectivity index (χ1v) is 7.81. The summed E-state index contributed by atoms with van der Waals surface area (Å²) in [4.78, 5) is 10.9. The average Bonchev–Trinajstić information content (AvgIpc) is 2.34. The number of hydrogen-bond donors (Lipinski definition) is 1. The summed E-state index contributed by atoms with van der Waals surface area (Å²) in [6, 6.07) is 0. The number of hydrogen-bond acceptors (Lipinski definition) is 4. The summed E-state index contributed by atoms with van der Waals surface area (Å²) < 4.78 is 10.7. The molecule has 0 amide bonds. The Morgan fingerprint density at radius 1 is 1.28 bits per heavy atom. The molecule has 0 spiro atoms. The zero-order chi connectivity index (χ0) is 14.0. The molecule has 2 atom stereocenters. The molecule has 0 heterocycles. The Labute approximate surface area is 120 Å². The highest BCUT2D eigenvalue weighted by Crippen LogP contribution is 2.27. The number of carbonyl (C=O) groups excluding carboxylic acids is 1. The van der Waals surface area contributed by atoms with Gasteiger partial charge in [0.15, 0.2) is 0 Å². The number of rotatable bonds is 10. The van der Waals surface area contributed by atoms with Crippen LogP contribution in [0.15, 0.2) is 0 Å². The van der Waals surface area contributed by atoms with Gasteiger partial charge in [-0.1, -0.05) is 33.1 Å². The van der Waals surface area contributed by atoms with Gasteiger partial charge in [0.2, 0.25) is 4.93 Å². The molecule has 2 unspecified atom stereocenters. The van der Waals surface area contributed by atoms with E-state index in [0.717, 1.165) is 19.3 Å². The predicted octanol–water partition coefficient (Wildman–Crippen LogP) is 3.07. The molecule has 18 heavy (non-hydrogen) atoms. The largest absolute Gasteiger partial charge is 0.464 e. The summed E-state index contributed by atoms with van der Waals surface area (Å²) >= 11 is 4.39. The summed E-state index contributed by atoms with van der Waals surface area (Å²) in [6.07, 6.45) is 5.65. The van der Waals surface area contributed by atoms with Crippen molar-refractivity contribution in [1.82, 2.24) is 0 Å². The molecule has 0 aliphatic carbocycles. The summed E-state index contributed by atoms with van der Waals surface area (Å²) in [5.74, 6) is -0.397. The van der Waals surface area contributed by atoms with Crippen molar-refractivity contribution >= 4 is 28.8 Å².